The molecule has 0 radical (unpaired) electrons. The van der Waals surface area contributed by atoms with Crippen molar-refractivity contribution in [2.45, 2.75) is 38.0 Å². The fourth-order valence-electron chi connectivity index (χ4n) is 11.5. The lowest BCUT2D eigenvalue weighted by atomic mass is 9.80. The van der Waals surface area contributed by atoms with Crippen molar-refractivity contribution in [3.8, 4) is 39.1 Å². The molecule has 3 nitrogen and oxygen atoms in total. The SMILES string of the molecule is c1ccc(-n2c3ccccc3c3c(-c4ccccc4N(c4ccc(-c5cccc6oc7ccccc7c56)cc4)c4ccccc4-c4cccc5cccc(C6CCCCC6)c45)cccc32)cc1. The highest BCUT2D eigenvalue weighted by molar-refractivity contribution is 6.17. The van der Waals surface area contributed by atoms with E-state index in [4.69, 9.17) is 4.42 Å². The van der Waals surface area contributed by atoms with Crippen molar-refractivity contribution in [3.63, 3.8) is 0 Å². The Kier molecular flexibility index (Phi) is 9.60. The number of para-hydroxylation sites is 5. The van der Waals surface area contributed by atoms with Crippen molar-refractivity contribution in [1.82, 2.24) is 4.57 Å². The topological polar surface area (TPSA) is 21.3 Å². The van der Waals surface area contributed by atoms with E-state index in [1.165, 1.54) is 92.5 Å². The van der Waals surface area contributed by atoms with Crippen LogP contribution in [-0.2, 0) is 0 Å². The molecule has 0 atom stereocenters. The molecule has 0 aliphatic heterocycles. The summed E-state index contributed by atoms with van der Waals surface area (Å²) in [6, 6.07) is 82.3. The second-order valence-electron chi connectivity index (χ2n) is 18.2. The highest BCUT2D eigenvalue weighted by atomic mass is 16.3. The van der Waals surface area contributed by atoms with Gasteiger partial charge in [0.2, 0.25) is 0 Å². The Morgan fingerprint density at radius 1 is 0.388 bits per heavy atom. The van der Waals surface area contributed by atoms with Crippen LogP contribution in [0.25, 0.3) is 93.6 Å². The van der Waals surface area contributed by atoms with Crippen LogP contribution in [0.3, 0.4) is 0 Å². The summed E-state index contributed by atoms with van der Waals surface area (Å²) in [5.41, 5.74) is 17.3. The molecular weight excluding hydrogens is 813 g/mol. The first-order chi connectivity index (χ1) is 33.3. The largest absolute Gasteiger partial charge is 0.456 e. The third kappa shape index (κ3) is 6.56. The number of rotatable bonds is 8. The Labute approximate surface area is 390 Å². The van der Waals surface area contributed by atoms with E-state index in [-0.39, 0.29) is 0 Å². The zero-order valence-corrected chi connectivity index (χ0v) is 37.3. The van der Waals surface area contributed by atoms with Crippen LogP contribution in [-0.4, -0.2) is 4.57 Å². The van der Waals surface area contributed by atoms with Crippen molar-refractivity contribution in [3.05, 3.63) is 230 Å². The molecule has 320 valence electrons. The van der Waals surface area contributed by atoms with Gasteiger partial charge in [-0.3, -0.25) is 0 Å². The average Bonchev–Trinajstić information content (AvgIpc) is 3.96. The van der Waals surface area contributed by atoms with Crippen LogP contribution in [0.5, 0.6) is 0 Å². The number of anilines is 3. The maximum absolute atomic E-state index is 6.35. The molecule has 0 spiro atoms. The summed E-state index contributed by atoms with van der Waals surface area (Å²) in [5.74, 6) is 0.561. The van der Waals surface area contributed by atoms with E-state index in [9.17, 15) is 0 Å². The van der Waals surface area contributed by atoms with Gasteiger partial charge in [-0.05, 0) is 118 Å². The predicted octanol–water partition coefficient (Wildman–Crippen LogP) is 18.4. The summed E-state index contributed by atoms with van der Waals surface area (Å²) in [6.45, 7) is 0. The zero-order chi connectivity index (χ0) is 44.3. The second kappa shape index (κ2) is 16.4. The average molecular weight is 861 g/mol. The summed E-state index contributed by atoms with van der Waals surface area (Å²) in [7, 11) is 0. The summed E-state index contributed by atoms with van der Waals surface area (Å²) < 4.78 is 8.77. The van der Waals surface area contributed by atoms with Gasteiger partial charge in [0.05, 0.1) is 22.4 Å². The molecule has 1 saturated carbocycles. The van der Waals surface area contributed by atoms with E-state index >= 15 is 0 Å². The molecule has 0 saturated heterocycles. The van der Waals surface area contributed by atoms with E-state index in [1.54, 1.807) is 0 Å². The van der Waals surface area contributed by atoms with E-state index < -0.39 is 0 Å². The Morgan fingerprint density at radius 2 is 0.955 bits per heavy atom. The molecule has 13 rings (SSSR count). The van der Waals surface area contributed by atoms with Crippen LogP contribution in [0.4, 0.5) is 17.1 Å². The van der Waals surface area contributed by atoms with Crippen molar-refractivity contribution in [2.75, 3.05) is 4.90 Å². The van der Waals surface area contributed by atoms with E-state index in [2.05, 4.69) is 228 Å². The molecule has 2 heterocycles. The smallest absolute Gasteiger partial charge is 0.136 e. The molecule has 12 aromatic rings. The third-order valence-electron chi connectivity index (χ3n) is 14.4. The van der Waals surface area contributed by atoms with Crippen LogP contribution in [0.2, 0.25) is 0 Å². The van der Waals surface area contributed by atoms with Crippen LogP contribution < -0.4 is 4.90 Å². The zero-order valence-electron chi connectivity index (χ0n) is 37.3. The van der Waals surface area contributed by atoms with Crippen LogP contribution in [0.15, 0.2) is 229 Å². The Morgan fingerprint density at radius 3 is 1.73 bits per heavy atom. The van der Waals surface area contributed by atoms with Crippen LogP contribution in [0, 0.1) is 0 Å². The third-order valence-corrected chi connectivity index (χ3v) is 14.4. The van der Waals surface area contributed by atoms with Gasteiger partial charge in [-0.1, -0.05) is 183 Å². The van der Waals surface area contributed by atoms with Gasteiger partial charge in [-0.25, -0.2) is 0 Å². The molecule has 0 N–H and O–H groups in total. The lowest BCUT2D eigenvalue weighted by Gasteiger charge is -2.31. The Hall–Kier alpha value is -8.14. The van der Waals surface area contributed by atoms with Crippen molar-refractivity contribution >= 4 is 71.6 Å². The van der Waals surface area contributed by atoms with Gasteiger partial charge in [-0.15, -0.1) is 0 Å². The van der Waals surface area contributed by atoms with Gasteiger partial charge < -0.3 is 13.9 Å². The first kappa shape index (κ1) is 39.2. The molecule has 2 aromatic heterocycles. The van der Waals surface area contributed by atoms with E-state index in [0.29, 0.717) is 5.92 Å². The van der Waals surface area contributed by atoms with Gasteiger partial charge in [0.15, 0.2) is 0 Å². The van der Waals surface area contributed by atoms with Gasteiger partial charge in [0.1, 0.15) is 11.2 Å². The highest BCUT2D eigenvalue weighted by Gasteiger charge is 2.26. The maximum atomic E-state index is 6.35. The number of hydrogen-bond donors (Lipinski definition) is 0. The van der Waals surface area contributed by atoms with Crippen LogP contribution >= 0.6 is 0 Å². The Balaban J connectivity index is 1.05. The molecule has 0 unspecified atom stereocenters. The number of fused-ring (bicyclic) bond motifs is 7. The highest BCUT2D eigenvalue weighted by Crippen LogP contribution is 2.50. The molecule has 67 heavy (non-hydrogen) atoms. The van der Waals surface area contributed by atoms with Gasteiger partial charge in [0.25, 0.3) is 0 Å². The first-order valence-corrected chi connectivity index (χ1v) is 23.9. The number of hydrogen-bond acceptors (Lipinski definition) is 2. The molecule has 0 bridgehead atoms. The maximum Gasteiger partial charge on any atom is 0.136 e. The summed E-state index contributed by atoms with van der Waals surface area (Å²) in [5, 5.41) is 7.43. The van der Waals surface area contributed by atoms with E-state index in [0.717, 1.165) is 55.8 Å². The monoisotopic (exact) mass is 860 g/mol. The number of aromatic nitrogens is 1. The molecule has 1 aliphatic carbocycles. The molecule has 3 heteroatoms. The summed E-state index contributed by atoms with van der Waals surface area (Å²) >= 11 is 0. The van der Waals surface area contributed by atoms with Gasteiger partial charge >= 0.3 is 0 Å². The molecular formula is C64H48N2O. The number of benzene rings is 10. The van der Waals surface area contributed by atoms with Crippen molar-refractivity contribution < 1.29 is 4.42 Å². The minimum absolute atomic E-state index is 0.561. The van der Waals surface area contributed by atoms with Crippen molar-refractivity contribution in [2.24, 2.45) is 0 Å². The molecule has 0 amide bonds. The van der Waals surface area contributed by atoms with Crippen LogP contribution in [0.1, 0.15) is 43.6 Å². The van der Waals surface area contributed by atoms with E-state index in [1.807, 2.05) is 6.07 Å². The number of furan rings is 1. The fraction of sp³-hybridized carbons (Fsp3) is 0.0938. The predicted molar refractivity (Wildman–Crippen MR) is 282 cm³/mol. The second-order valence-corrected chi connectivity index (χ2v) is 18.2. The normalized spacial score (nSPS) is 13.3. The number of nitrogens with zero attached hydrogens (tertiary/aromatic N) is 2. The van der Waals surface area contributed by atoms with Gasteiger partial charge in [0, 0.05) is 44.0 Å². The molecule has 1 fully saturated rings. The minimum atomic E-state index is 0.561. The summed E-state index contributed by atoms with van der Waals surface area (Å²) in [4.78, 5) is 2.51. The summed E-state index contributed by atoms with van der Waals surface area (Å²) in [6.07, 6.45) is 6.41. The lowest BCUT2D eigenvalue weighted by molar-refractivity contribution is 0.445. The molecule has 10 aromatic carbocycles. The molecule has 1 aliphatic rings. The van der Waals surface area contributed by atoms with Crippen molar-refractivity contribution in [1.29, 1.82) is 0 Å². The lowest BCUT2D eigenvalue weighted by Crippen LogP contribution is -2.12. The minimum Gasteiger partial charge on any atom is -0.456 e. The fourth-order valence-corrected chi connectivity index (χ4v) is 11.5. The van der Waals surface area contributed by atoms with Gasteiger partial charge in [-0.2, -0.15) is 0 Å². The first-order valence-electron chi connectivity index (χ1n) is 23.9. The quantitative estimate of drug-likeness (QED) is 0.152. The Bertz CT molecular complexity index is 3790. The standard InChI is InChI=1S/C64H48N2O/c1-3-19-43(20-4-1)48-29-15-21-45-22-16-31-52(62(45)48)50-25-7-11-33-56(50)65(47-41-39-44(40-42-47)49-30-18-38-61-64(49)55-28-10-14-37-60(55)67-61)57-34-12-8-26-51(57)53-32-17-36-59-63(53)54-27-9-13-35-58(54)66(59)46-23-5-2-6-24-46/h2,5-18,21-43H,1,3-4,19-20H2.